The largest absolute Gasteiger partial charge is 0.347 e. The average molecular weight is 814 g/mol. The van der Waals surface area contributed by atoms with E-state index in [-0.39, 0.29) is 90.7 Å². The molecule has 0 bridgehead atoms. The number of rotatable bonds is 13. The molecule has 1 aliphatic heterocycles. The van der Waals surface area contributed by atoms with Crippen LogP contribution in [0.15, 0.2) is 18.6 Å². The smallest absolute Gasteiger partial charge is 0.289 e. The van der Waals surface area contributed by atoms with E-state index in [2.05, 4.69) is 31.2 Å². The van der Waals surface area contributed by atoms with Crippen molar-refractivity contribution in [1.82, 2.24) is 36.1 Å². The molecule has 3 saturated carbocycles. The third kappa shape index (κ3) is 12.6. The number of likely N-dealkylation sites (tertiary alicyclic amines) is 1. The van der Waals surface area contributed by atoms with Crippen LogP contribution >= 0.6 is 40.5 Å². The van der Waals surface area contributed by atoms with Gasteiger partial charge in [-0.1, -0.05) is 74.7 Å². The molecule has 0 spiro atoms. The lowest BCUT2D eigenvalue weighted by Crippen LogP contribution is -2.62. The van der Waals surface area contributed by atoms with Gasteiger partial charge in [-0.15, -0.1) is 0 Å². The minimum atomic E-state index is -0.994. The molecule has 6 atom stereocenters. The summed E-state index contributed by atoms with van der Waals surface area (Å²) < 4.78 is 0. The zero-order valence-electron chi connectivity index (χ0n) is 30.8. The molecule has 54 heavy (non-hydrogen) atoms. The molecule has 0 unspecified atom stereocenters. The first kappa shape index (κ1) is 51.1. The topological polar surface area (TPSA) is 180 Å². The molecule has 4 aliphatic rings. The lowest BCUT2D eigenvalue weighted by Gasteiger charge is -2.38. The first-order valence-electron chi connectivity index (χ1n) is 18.2. The fraction of sp³-hybridized carbons (Fsp3) is 0.737. The van der Waals surface area contributed by atoms with Crippen molar-refractivity contribution in [1.29, 1.82) is 0 Å². The maximum Gasteiger partial charge on any atom is 0.289 e. The maximum absolute atomic E-state index is 14.6. The molecule has 16 heteroatoms. The standard InChI is InChI=1S/C36H53N7O6.2CH4.3H2S/c1-5-10-25(29(44)34(48)39-23-15-16-23)40-33(47)28-24-14-9-13-22(24)20-43(28)35(49)30(36(2,3)4)42-32(46)27(21-11-7-6-8-12-21)41-31(45)26-19-37-17-18-38-26;;;;;/h17-19,21-25,27-28,30H,5-16,20H2,1-4H3,(H,39,48)(H,40,47)(H,41,45)(H,42,46);2*1H4;3*1H2/t22-,24-,25-,27-,28+,30-;;;;;/m1...../s1. The predicted molar refractivity (Wildman–Crippen MR) is 225 cm³/mol. The van der Waals surface area contributed by atoms with Gasteiger partial charge in [0.25, 0.3) is 11.8 Å². The molecule has 3 aliphatic carbocycles. The Balaban J connectivity index is 0.00000562. The molecule has 1 aromatic heterocycles. The van der Waals surface area contributed by atoms with Crippen molar-refractivity contribution in [3.05, 3.63) is 24.3 Å². The van der Waals surface area contributed by atoms with Crippen molar-refractivity contribution in [2.24, 2.45) is 23.2 Å². The summed E-state index contributed by atoms with van der Waals surface area (Å²) in [5.74, 6) is -3.20. The number of carbonyl (C=O) groups excluding carboxylic acids is 6. The fourth-order valence-corrected chi connectivity index (χ4v) is 7.87. The lowest BCUT2D eigenvalue weighted by atomic mass is 9.82. The summed E-state index contributed by atoms with van der Waals surface area (Å²) in [4.78, 5) is 91.4. The number of carbonyl (C=O) groups is 6. The van der Waals surface area contributed by atoms with Gasteiger partial charge in [0.2, 0.25) is 23.5 Å². The van der Waals surface area contributed by atoms with Gasteiger partial charge >= 0.3 is 0 Å². The molecule has 308 valence electrons. The number of aromatic nitrogens is 2. The van der Waals surface area contributed by atoms with E-state index in [0.29, 0.717) is 19.4 Å². The molecular formula is C38H67N7O6S3. The molecule has 5 amide bonds. The van der Waals surface area contributed by atoms with E-state index in [1.807, 2.05) is 27.7 Å². The van der Waals surface area contributed by atoms with Crippen LogP contribution in [0.1, 0.15) is 130 Å². The van der Waals surface area contributed by atoms with Crippen molar-refractivity contribution in [2.75, 3.05) is 6.54 Å². The van der Waals surface area contributed by atoms with Crippen molar-refractivity contribution < 1.29 is 28.8 Å². The minimum Gasteiger partial charge on any atom is -0.347 e. The van der Waals surface area contributed by atoms with E-state index in [1.165, 1.54) is 18.6 Å². The first-order valence-corrected chi connectivity index (χ1v) is 18.2. The van der Waals surface area contributed by atoms with E-state index >= 15 is 0 Å². The van der Waals surface area contributed by atoms with E-state index in [4.69, 9.17) is 0 Å². The molecule has 2 heterocycles. The monoisotopic (exact) mass is 813 g/mol. The molecule has 0 aromatic carbocycles. The van der Waals surface area contributed by atoms with Crippen LogP contribution in [0.3, 0.4) is 0 Å². The molecule has 1 saturated heterocycles. The number of ketones is 1. The van der Waals surface area contributed by atoms with Crippen molar-refractivity contribution >= 4 is 75.8 Å². The lowest BCUT2D eigenvalue weighted by molar-refractivity contribution is -0.146. The second-order valence-corrected chi connectivity index (χ2v) is 15.5. The Morgan fingerprint density at radius 2 is 1.52 bits per heavy atom. The van der Waals surface area contributed by atoms with Crippen molar-refractivity contribution in [3.63, 3.8) is 0 Å². The first-order chi connectivity index (χ1) is 23.4. The van der Waals surface area contributed by atoms with Gasteiger partial charge in [0.15, 0.2) is 0 Å². The molecule has 13 nitrogen and oxygen atoms in total. The van der Waals surface area contributed by atoms with Gasteiger partial charge < -0.3 is 26.2 Å². The van der Waals surface area contributed by atoms with E-state index < -0.39 is 59.0 Å². The van der Waals surface area contributed by atoms with Gasteiger partial charge in [0.05, 0.1) is 12.2 Å². The van der Waals surface area contributed by atoms with Crippen LogP contribution < -0.4 is 21.3 Å². The summed E-state index contributed by atoms with van der Waals surface area (Å²) in [6.45, 7) is 7.85. The normalized spacial score (nSPS) is 22.0. The molecule has 4 fully saturated rings. The SMILES string of the molecule is C.C.CCC[C@@H](NC(=O)[C@@H]1[C@@H]2CCC[C@@H]2CN1C(=O)[C@@H](NC(=O)[C@H](NC(=O)c1cnccn1)C1CCCCC1)C(C)(C)C)C(=O)C(=O)NC1CC1.S.S.S. The number of amides is 5. The van der Waals surface area contributed by atoms with E-state index in [9.17, 15) is 28.8 Å². The van der Waals surface area contributed by atoms with E-state index in [0.717, 1.165) is 64.2 Å². The van der Waals surface area contributed by atoms with Gasteiger partial charge in [-0.25, -0.2) is 4.98 Å². The second-order valence-electron chi connectivity index (χ2n) is 15.5. The van der Waals surface area contributed by atoms with Gasteiger partial charge in [0, 0.05) is 25.0 Å². The molecule has 4 N–H and O–H groups in total. The summed E-state index contributed by atoms with van der Waals surface area (Å²) in [5, 5.41) is 11.5. The highest BCUT2D eigenvalue weighted by Crippen LogP contribution is 2.43. The number of nitrogens with one attached hydrogen (secondary N) is 4. The Morgan fingerprint density at radius 3 is 2.09 bits per heavy atom. The molecular weight excluding hydrogens is 747 g/mol. The summed E-state index contributed by atoms with van der Waals surface area (Å²) in [6, 6.07) is -3.68. The highest BCUT2D eigenvalue weighted by molar-refractivity contribution is 7.59. The summed E-state index contributed by atoms with van der Waals surface area (Å²) >= 11 is 0. The van der Waals surface area contributed by atoms with Crippen LogP contribution in [-0.2, 0) is 24.0 Å². The van der Waals surface area contributed by atoms with Crippen LogP contribution in [-0.4, -0.2) is 86.9 Å². The predicted octanol–water partition coefficient (Wildman–Crippen LogP) is 4.06. The highest BCUT2D eigenvalue weighted by Gasteiger charge is 2.52. The van der Waals surface area contributed by atoms with Gasteiger partial charge in [-0.2, -0.15) is 40.5 Å². The van der Waals surface area contributed by atoms with Crippen LogP contribution in [0, 0.1) is 23.2 Å². The second kappa shape index (κ2) is 22.6. The highest BCUT2D eigenvalue weighted by atomic mass is 32.1. The number of hydrogen-bond acceptors (Lipinski definition) is 8. The maximum atomic E-state index is 14.6. The number of fused-ring (bicyclic) bond motifs is 1. The van der Waals surface area contributed by atoms with Crippen LogP contribution in [0.2, 0.25) is 0 Å². The Kier molecular flexibility index (Phi) is 21.4. The summed E-state index contributed by atoms with van der Waals surface area (Å²) in [7, 11) is 0. The Bertz CT molecular complexity index is 1410. The Labute approximate surface area is 343 Å². The third-order valence-electron chi connectivity index (χ3n) is 10.7. The molecule has 1 aromatic rings. The van der Waals surface area contributed by atoms with Crippen LogP contribution in [0.4, 0.5) is 0 Å². The van der Waals surface area contributed by atoms with E-state index in [1.54, 1.807) is 4.90 Å². The number of nitrogens with zero attached hydrogens (tertiary/aromatic N) is 3. The third-order valence-corrected chi connectivity index (χ3v) is 10.7. The van der Waals surface area contributed by atoms with Gasteiger partial charge in [-0.3, -0.25) is 33.8 Å². The molecule has 0 radical (unpaired) electrons. The quantitative estimate of drug-likeness (QED) is 0.216. The number of Topliss-reactive ketones (excluding diaryl/α,β-unsaturated/α-hetero) is 1. The minimum absolute atomic E-state index is 0. The fourth-order valence-electron chi connectivity index (χ4n) is 7.87. The van der Waals surface area contributed by atoms with Gasteiger partial charge in [-0.05, 0) is 68.1 Å². The average Bonchev–Trinajstić information content (AvgIpc) is 3.65. The van der Waals surface area contributed by atoms with Crippen molar-refractivity contribution in [2.45, 2.75) is 150 Å². The zero-order chi connectivity index (χ0) is 35.3. The van der Waals surface area contributed by atoms with Crippen LogP contribution in [0.5, 0.6) is 0 Å². The zero-order valence-corrected chi connectivity index (χ0v) is 33.8. The molecule has 5 rings (SSSR count). The van der Waals surface area contributed by atoms with Crippen molar-refractivity contribution in [3.8, 4) is 0 Å². The number of hydrogen-bond donors (Lipinski definition) is 4. The Morgan fingerprint density at radius 1 is 0.852 bits per heavy atom. The van der Waals surface area contributed by atoms with Crippen LogP contribution in [0.25, 0.3) is 0 Å². The van der Waals surface area contributed by atoms with Gasteiger partial charge in [0.1, 0.15) is 23.8 Å². The summed E-state index contributed by atoms with van der Waals surface area (Å²) in [6.07, 6.45) is 13.9. The summed E-state index contributed by atoms with van der Waals surface area (Å²) in [5.41, 5.74) is -0.638. The Hall–Kier alpha value is -2.85.